The number of cyclic esters (lactones) is 4. The maximum Gasteiger partial charge on any atom is 0.346 e. The first-order valence-corrected chi connectivity index (χ1v) is 43.5. The summed E-state index contributed by atoms with van der Waals surface area (Å²) in [7, 11) is 2.65. The normalized spacial score (nSPS) is 13.2. The number of aliphatic hydroxyl groups excluding tert-OH is 5. The summed E-state index contributed by atoms with van der Waals surface area (Å²) in [6.45, 7) is 3.40. The molecule has 0 radical (unpaired) electrons. The zero-order valence-electron chi connectivity index (χ0n) is 75.3. The highest BCUT2D eigenvalue weighted by Crippen LogP contribution is 2.37. The molecule has 0 unspecified atom stereocenters. The van der Waals surface area contributed by atoms with Gasteiger partial charge < -0.3 is 69.2 Å². The summed E-state index contributed by atoms with van der Waals surface area (Å²) < 4.78 is 38.6. The molecule has 12 aromatic rings. The minimum Gasteiger partial charge on any atom is -0.465 e. The first-order chi connectivity index (χ1) is 67.4. The van der Waals surface area contributed by atoms with Crippen molar-refractivity contribution < 1.29 is 150 Å². The van der Waals surface area contributed by atoms with E-state index in [0.29, 0.717) is 98.4 Å². The van der Waals surface area contributed by atoms with Crippen molar-refractivity contribution in [2.75, 3.05) is 106 Å². The number of fused-ring (bicyclic) bond motifs is 9. The van der Waals surface area contributed by atoms with Gasteiger partial charge in [-0.1, -0.05) is 86.6 Å². The lowest BCUT2D eigenvalue weighted by atomic mass is 9.97. The Kier molecular flexibility index (Phi) is 32.2. The molecular weight excluding hydrogens is 1820 g/mol. The zero-order chi connectivity index (χ0) is 100. The standard InChI is InChI=1S/C34H26N2O8.C20H16N2O6.C16H6O6.C16H16O6.C16H16O4.C2H7NO/c1-3-12-35-29(37)25-10-8-21(17-27(25)31(35)39)22-9-11-26-28(18-22)32(40)36(30(26)38)13-14-44-34(42)24-7-5-19-15-23(33(41)43-2)6-4-20(19)16-24;23-7-5-21-17(25)13-3-1-11(9-15(13)19(21)27)12-2-4-14-16(10-12)20(28)22(6-8-24)18(14)26;17-13-9-3-1-7(5-11(9)15(19)21-13)8-2-4-10-12(6-8)16(20)22-14(10)18;17-5-7-21-15(19)13-3-1-11-9-14(4-2-12(11)10-13)16(20)22-8-6-18;1-3-8-20-16(18)14-7-5-11-9-13(15(17)19-2)6-4-12(11)10-14;3-1-2-4/h4-11,15-18H,3,12-14H2,1-2H3;1-4,9-10,23-24H,5-8H2;1-6H;1-4,9-10,17-18H,5-8H2;4-7,9-10H,3,8H2,1-2H3;4H,1-3H2. The number of benzene rings is 12. The third-order valence-electron chi connectivity index (χ3n) is 22.3. The zero-order valence-corrected chi connectivity index (χ0v) is 75.3. The van der Waals surface area contributed by atoms with Crippen molar-refractivity contribution in [2.24, 2.45) is 5.73 Å². The van der Waals surface area contributed by atoms with Crippen LogP contribution in [0.3, 0.4) is 0 Å². The SMILES string of the molecule is CCCN1C(=O)c2ccc(-c3ccc4c(c3)C(=O)N(CCOC(=O)c3ccc5cc(C(=O)OC)ccc5c3)C4=O)cc2C1=O.CCCOC(=O)c1ccc2cc(C(=O)OC)ccc2c1.NCCO.O=C(OCCO)c1ccc2cc(C(=O)OCCO)ccc2c1.O=C1OC(=O)c2cc(-c3ccc4c(c3)C(=O)OC4=O)ccc21.O=C1c2ccc(-c3ccc4c(c3)C(=O)N(CCO)C4=O)cc2C(=O)N1CCO. The number of nitrogens with zero attached hydrogens (tertiary/aromatic N) is 4. The molecule has 36 nitrogen and oxygen atoms in total. The third-order valence-corrected chi connectivity index (χ3v) is 22.3. The molecule has 0 fully saturated rings. The predicted octanol–water partition coefficient (Wildman–Crippen LogP) is 10.5. The highest BCUT2D eigenvalue weighted by molar-refractivity contribution is 6.25. The highest BCUT2D eigenvalue weighted by Gasteiger charge is 2.41. The Morgan fingerprint density at radius 2 is 0.479 bits per heavy atom. The maximum absolute atomic E-state index is 13.2. The molecule has 12 aromatic carbocycles. The van der Waals surface area contributed by atoms with Gasteiger partial charge in [0, 0.05) is 13.1 Å². The summed E-state index contributed by atoms with van der Waals surface area (Å²) in [6.07, 6.45) is 1.45. The Labute approximate surface area is 795 Å². The monoisotopic (exact) mass is 1900 g/mol. The van der Waals surface area contributed by atoms with Crippen LogP contribution in [-0.2, 0) is 37.9 Å². The predicted molar refractivity (Wildman–Crippen MR) is 497 cm³/mol. The van der Waals surface area contributed by atoms with Crippen molar-refractivity contribution in [3.05, 3.63) is 319 Å². The van der Waals surface area contributed by atoms with Gasteiger partial charge in [0.1, 0.15) is 19.8 Å². The van der Waals surface area contributed by atoms with E-state index in [1.807, 2.05) is 13.8 Å². The van der Waals surface area contributed by atoms with E-state index in [-0.39, 0.29) is 157 Å². The maximum atomic E-state index is 13.2. The summed E-state index contributed by atoms with van der Waals surface area (Å²) in [5.74, 6) is -9.08. The van der Waals surface area contributed by atoms with E-state index in [1.165, 1.54) is 43.4 Å². The smallest absolute Gasteiger partial charge is 0.346 e. The van der Waals surface area contributed by atoms with Crippen molar-refractivity contribution in [3.63, 3.8) is 0 Å². The third kappa shape index (κ3) is 21.7. The number of esters is 10. The number of carbonyl (C=O) groups excluding carboxylic acids is 18. The topological polar surface area (TPSA) is 521 Å². The summed E-state index contributed by atoms with van der Waals surface area (Å²) in [5.41, 5.74) is 13.8. The molecule has 7 N–H and O–H groups in total. The van der Waals surface area contributed by atoms with Gasteiger partial charge in [0.2, 0.25) is 0 Å². The van der Waals surface area contributed by atoms with Crippen LogP contribution in [0.5, 0.6) is 0 Å². The Morgan fingerprint density at radius 3 is 0.729 bits per heavy atom. The van der Waals surface area contributed by atoms with Gasteiger partial charge in [-0.15, -0.1) is 0 Å². The molecule has 18 rings (SSSR count). The number of hydrogen-bond donors (Lipinski definition) is 6. The minimum absolute atomic E-state index is 0.0491. The second-order valence-corrected chi connectivity index (χ2v) is 31.2. The first-order valence-electron chi connectivity index (χ1n) is 43.5. The van der Waals surface area contributed by atoms with Gasteiger partial charge in [0.15, 0.2) is 0 Å². The molecule has 8 amide bonds. The average Bonchev–Trinajstić information content (AvgIpc) is 1.61. The lowest BCUT2D eigenvalue weighted by Crippen LogP contribution is -2.33. The second-order valence-electron chi connectivity index (χ2n) is 31.2. The van der Waals surface area contributed by atoms with Gasteiger partial charge >= 0.3 is 59.7 Å². The van der Waals surface area contributed by atoms with Crippen LogP contribution in [0.15, 0.2) is 218 Å². The van der Waals surface area contributed by atoms with Crippen molar-refractivity contribution >= 4 is 139 Å². The molecule has 0 saturated carbocycles. The van der Waals surface area contributed by atoms with Crippen molar-refractivity contribution in [1.82, 2.24) is 19.6 Å². The van der Waals surface area contributed by atoms with E-state index in [9.17, 15) is 86.3 Å². The first kappa shape index (κ1) is 100. The molecule has 140 heavy (non-hydrogen) atoms. The molecule has 36 heteroatoms. The molecule has 0 saturated heterocycles. The van der Waals surface area contributed by atoms with Crippen molar-refractivity contribution in [3.8, 4) is 33.4 Å². The van der Waals surface area contributed by atoms with E-state index in [2.05, 4.69) is 14.2 Å². The average molecular weight is 1900 g/mol. The second kappa shape index (κ2) is 45.0. The van der Waals surface area contributed by atoms with Crippen LogP contribution in [-0.4, -0.2) is 258 Å². The number of rotatable bonds is 25. The van der Waals surface area contributed by atoms with Gasteiger partial charge in [0.05, 0.1) is 174 Å². The van der Waals surface area contributed by atoms with Crippen LogP contribution < -0.4 is 5.73 Å². The number of aliphatic hydroxyl groups is 5. The minimum atomic E-state index is -0.697. The van der Waals surface area contributed by atoms with Crippen LogP contribution in [0.1, 0.15) is 213 Å². The lowest BCUT2D eigenvalue weighted by Gasteiger charge is -2.14. The van der Waals surface area contributed by atoms with Crippen molar-refractivity contribution in [1.29, 1.82) is 0 Å². The van der Waals surface area contributed by atoms with E-state index in [0.717, 1.165) is 53.4 Å². The number of carbonyl (C=O) groups is 18. The largest absolute Gasteiger partial charge is 0.465 e. The Balaban J connectivity index is 0.000000151. The van der Waals surface area contributed by atoms with Crippen LogP contribution in [0.4, 0.5) is 0 Å². The Bertz CT molecular complexity index is 6900. The lowest BCUT2D eigenvalue weighted by molar-refractivity contribution is 0.0420. The van der Waals surface area contributed by atoms with Gasteiger partial charge in [0.25, 0.3) is 47.3 Å². The summed E-state index contributed by atoms with van der Waals surface area (Å²) in [4.78, 5) is 222. The van der Waals surface area contributed by atoms with Gasteiger partial charge in [-0.3, -0.25) is 58.0 Å². The van der Waals surface area contributed by atoms with E-state index in [1.54, 1.807) is 194 Å². The van der Waals surface area contributed by atoms with E-state index < -0.39 is 83.2 Å². The number of methoxy groups -OCH3 is 2. The molecule has 0 spiro atoms. The van der Waals surface area contributed by atoms with Gasteiger partial charge in [-0.25, -0.2) is 47.9 Å². The summed E-state index contributed by atoms with van der Waals surface area (Å²) in [6, 6.07) is 58.9. The molecule has 0 bridgehead atoms. The molecule has 714 valence electrons. The number of hydrogen-bond acceptors (Lipinski definition) is 32. The molecule has 6 heterocycles. The van der Waals surface area contributed by atoms with Crippen LogP contribution >= 0.6 is 0 Å². The Hall–Kier alpha value is -17.2. The fraction of sp³-hybridized carbons (Fsp3) is 0.192. The molecular formula is C104H87N5O31. The van der Waals surface area contributed by atoms with E-state index >= 15 is 0 Å². The highest BCUT2D eigenvalue weighted by atomic mass is 16.6. The van der Waals surface area contributed by atoms with Crippen LogP contribution in [0.2, 0.25) is 0 Å². The van der Waals surface area contributed by atoms with E-state index in [4.69, 9.17) is 55.0 Å². The fourth-order valence-corrected chi connectivity index (χ4v) is 15.4. The Morgan fingerprint density at radius 1 is 0.250 bits per heavy atom. The quantitative estimate of drug-likeness (QED) is 0.0134. The summed E-state index contributed by atoms with van der Waals surface area (Å²) in [5, 5.41) is 47.9. The number of ether oxygens (including phenoxy) is 8. The van der Waals surface area contributed by atoms with Crippen LogP contribution in [0, 0.1) is 0 Å². The molecule has 6 aliphatic heterocycles. The van der Waals surface area contributed by atoms with Crippen LogP contribution in [0.25, 0.3) is 65.7 Å². The molecule has 6 aliphatic rings. The number of nitrogens with two attached hydrogens (primary N) is 1. The molecule has 0 aliphatic carbocycles. The van der Waals surface area contributed by atoms with Crippen molar-refractivity contribution in [2.45, 2.75) is 26.7 Å². The fourth-order valence-electron chi connectivity index (χ4n) is 15.4. The summed E-state index contributed by atoms with van der Waals surface area (Å²) >= 11 is 0. The van der Waals surface area contributed by atoms with Gasteiger partial charge in [-0.05, 0) is 224 Å². The molecule has 0 aromatic heterocycles. The van der Waals surface area contributed by atoms with Gasteiger partial charge in [-0.2, -0.15) is 0 Å². The number of β-amino-alcohol motifs (C(OH)–C–C–N with tert-alkyl or cyclic N) is 2. The number of amides is 8. The number of imide groups is 4. The molecule has 0 atom stereocenters.